The van der Waals surface area contributed by atoms with Crippen LogP contribution in [-0.4, -0.2) is 21.1 Å². The molecule has 1 N–H and O–H groups in total. The molecule has 0 amide bonds. The van der Waals surface area contributed by atoms with E-state index >= 15 is 0 Å². The van der Waals surface area contributed by atoms with Gasteiger partial charge in [0.1, 0.15) is 5.82 Å². The van der Waals surface area contributed by atoms with Crippen LogP contribution in [0.2, 0.25) is 0 Å². The van der Waals surface area contributed by atoms with Crippen LogP contribution in [0.5, 0.6) is 0 Å². The summed E-state index contributed by atoms with van der Waals surface area (Å²) in [5.41, 5.74) is 2.34. The molecule has 2 rings (SSSR count). The van der Waals surface area contributed by atoms with Crippen LogP contribution in [0.15, 0.2) is 30.9 Å². The quantitative estimate of drug-likeness (QED) is 0.877. The molecule has 0 spiro atoms. The lowest BCUT2D eigenvalue weighted by Crippen LogP contribution is -2.20. The number of imidazole rings is 1. The van der Waals surface area contributed by atoms with E-state index in [-0.39, 0.29) is 0 Å². The third-order valence-electron chi connectivity index (χ3n) is 2.84. The molecule has 0 unspecified atom stereocenters. The van der Waals surface area contributed by atoms with Crippen LogP contribution < -0.4 is 5.32 Å². The Morgan fingerprint density at radius 3 is 2.83 bits per heavy atom. The van der Waals surface area contributed by atoms with Crippen molar-refractivity contribution < 1.29 is 0 Å². The summed E-state index contributed by atoms with van der Waals surface area (Å²) in [5.74, 6) is 1.64. The predicted octanol–water partition coefficient (Wildman–Crippen LogP) is 2.32. The number of rotatable bonds is 5. The first kappa shape index (κ1) is 12.8. The Hall–Kier alpha value is -1.68. The van der Waals surface area contributed by atoms with Crippen LogP contribution in [0.4, 0.5) is 0 Å². The first-order chi connectivity index (χ1) is 8.68. The van der Waals surface area contributed by atoms with E-state index in [4.69, 9.17) is 0 Å². The Balaban J connectivity index is 2.18. The largest absolute Gasteiger partial charge is 0.312 e. The van der Waals surface area contributed by atoms with Crippen LogP contribution >= 0.6 is 0 Å². The smallest absolute Gasteiger partial charge is 0.110 e. The van der Waals surface area contributed by atoms with Crippen molar-refractivity contribution in [2.45, 2.75) is 27.3 Å². The Labute approximate surface area is 108 Å². The number of aryl methyl sites for hydroxylation is 1. The van der Waals surface area contributed by atoms with E-state index in [9.17, 15) is 0 Å². The zero-order chi connectivity index (χ0) is 13.0. The second kappa shape index (κ2) is 5.78. The van der Waals surface area contributed by atoms with Gasteiger partial charge in [0.05, 0.1) is 11.9 Å². The Kier molecular flexibility index (Phi) is 4.10. The van der Waals surface area contributed by atoms with Crippen molar-refractivity contribution in [3.8, 4) is 5.69 Å². The van der Waals surface area contributed by atoms with Gasteiger partial charge < -0.3 is 9.88 Å². The maximum absolute atomic E-state index is 4.26. The lowest BCUT2D eigenvalue weighted by Gasteiger charge is -2.13. The molecule has 0 aromatic carbocycles. The summed E-state index contributed by atoms with van der Waals surface area (Å²) in [7, 11) is 0. The van der Waals surface area contributed by atoms with Gasteiger partial charge >= 0.3 is 0 Å². The topological polar surface area (TPSA) is 42.7 Å². The summed E-state index contributed by atoms with van der Waals surface area (Å²) in [6.07, 6.45) is 7.51. The second-order valence-electron chi connectivity index (χ2n) is 4.87. The average molecular weight is 244 g/mol. The monoisotopic (exact) mass is 244 g/mol. The van der Waals surface area contributed by atoms with Crippen molar-refractivity contribution in [3.05, 3.63) is 42.2 Å². The van der Waals surface area contributed by atoms with Gasteiger partial charge in [0.15, 0.2) is 0 Å². The molecule has 0 radical (unpaired) electrons. The van der Waals surface area contributed by atoms with Gasteiger partial charge in [0.25, 0.3) is 0 Å². The van der Waals surface area contributed by atoms with Gasteiger partial charge in [-0.05, 0) is 31.0 Å². The van der Waals surface area contributed by atoms with Crippen molar-refractivity contribution in [3.63, 3.8) is 0 Å². The van der Waals surface area contributed by atoms with E-state index in [1.165, 1.54) is 5.56 Å². The molecule has 0 aliphatic carbocycles. The summed E-state index contributed by atoms with van der Waals surface area (Å²) in [6.45, 7) is 8.29. The Morgan fingerprint density at radius 2 is 2.17 bits per heavy atom. The van der Waals surface area contributed by atoms with Crippen LogP contribution in [0.1, 0.15) is 25.2 Å². The van der Waals surface area contributed by atoms with Crippen molar-refractivity contribution in [2.75, 3.05) is 6.54 Å². The summed E-state index contributed by atoms with van der Waals surface area (Å²) in [5, 5.41) is 3.46. The normalized spacial score (nSPS) is 11.1. The van der Waals surface area contributed by atoms with Gasteiger partial charge in [-0.1, -0.05) is 13.8 Å². The van der Waals surface area contributed by atoms with Gasteiger partial charge in [0.2, 0.25) is 0 Å². The molecular formula is C14H20N4. The summed E-state index contributed by atoms with van der Waals surface area (Å²) in [6, 6.07) is 2.06. The number of hydrogen-bond donors (Lipinski definition) is 1. The second-order valence-corrected chi connectivity index (χ2v) is 4.87. The molecule has 0 aliphatic heterocycles. The number of aromatic nitrogens is 3. The van der Waals surface area contributed by atoms with Crippen LogP contribution in [0, 0.1) is 12.8 Å². The standard InChI is InChI=1S/C14H20N4/c1-11(2)8-16-9-13-4-5-15-10-14(13)18-7-6-17-12(18)3/h4-7,10-11,16H,8-9H2,1-3H3. The van der Waals surface area contributed by atoms with Crippen molar-refractivity contribution in [1.82, 2.24) is 19.9 Å². The van der Waals surface area contributed by atoms with Gasteiger partial charge in [-0.25, -0.2) is 4.98 Å². The highest BCUT2D eigenvalue weighted by Gasteiger charge is 2.06. The predicted molar refractivity (Wildman–Crippen MR) is 72.6 cm³/mol. The molecule has 4 heteroatoms. The molecule has 2 heterocycles. The maximum Gasteiger partial charge on any atom is 0.110 e. The van der Waals surface area contributed by atoms with Gasteiger partial charge in [-0.3, -0.25) is 4.98 Å². The van der Waals surface area contributed by atoms with E-state index in [1.54, 1.807) is 0 Å². The van der Waals surface area contributed by atoms with E-state index in [2.05, 4.69) is 39.8 Å². The lowest BCUT2D eigenvalue weighted by molar-refractivity contribution is 0.551. The van der Waals surface area contributed by atoms with Gasteiger partial charge in [-0.15, -0.1) is 0 Å². The molecular weight excluding hydrogens is 224 g/mol. The van der Waals surface area contributed by atoms with Crippen LogP contribution in [0.3, 0.4) is 0 Å². The Bertz CT molecular complexity index is 502. The van der Waals surface area contributed by atoms with E-state index in [0.717, 1.165) is 24.6 Å². The fraction of sp³-hybridized carbons (Fsp3) is 0.429. The van der Waals surface area contributed by atoms with Crippen molar-refractivity contribution in [2.24, 2.45) is 5.92 Å². The number of nitrogens with one attached hydrogen (secondary N) is 1. The number of pyridine rings is 1. The highest BCUT2D eigenvalue weighted by molar-refractivity contribution is 5.39. The van der Waals surface area contributed by atoms with E-state index in [0.29, 0.717) is 5.92 Å². The fourth-order valence-electron chi connectivity index (χ4n) is 1.91. The lowest BCUT2D eigenvalue weighted by atomic mass is 10.2. The minimum atomic E-state index is 0.658. The molecule has 0 fully saturated rings. The number of hydrogen-bond acceptors (Lipinski definition) is 3. The highest BCUT2D eigenvalue weighted by Crippen LogP contribution is 2.14. The summed E-state index contributed by atoms with van der Waals surface area (Å²) in [4.78, 5) is 8.47. The minimum absolute atomic E-state index is 0.658. The molecule has 0 bridgehead atoms. The molecule has 2 aromatic rings. The zero-order valence-electron chi connectivity index (χ0n) is 11.2. The minimum Gasteiger partial charge on any atom is -0.312 e. The highest BCUT2D eigenvalue weighted by atomic mass is 15.1. The molecule has 0 saturated heterocycles. The molecule has 0 atom stereocenters. The summed E-state index contributed by atoms with van der Waals surface area (Å²) >= 11 is 0. The van der Waals surface area contributed by atoms with Gasteiger partial charge in [-0.2, -0.15) is 0 Å². The third-order valence-corrected chi connectivity index (χ3v) is 2.84. The fourth-order valence-corrected chi connectivity index (χ4v) is 1.91. The van der Waals surface area contributed by atoms with Crippen LogP contribution in [0.25, 0.3) is 5.69 Å². The van der Waals surface area contributed by atoms with Gasteiger partial charge in [0, 0.05) is 25.1 Å². The Morgan fingerprint density at radius 1 is 1.33 bits per heavy atom. The summed E-state index contributed by atoms with van der Waals surface area (Å²) < 4.78 is 2.07. The zero-order valence-corrected chi connectivity index (χ0v) is 11.2. The third kappa shape index (κ3) is 2.96. The molecule has 0 saturated carbocycles. The van der Waals surface area contributed by atoms with E-state index in [1.807, 2.05) is 31.7 Å². The average Bonchev–Trinajstić information content (AvgIpc) is 2.76. The molecule has 2 aromatic heterocycles. The molecule has 18 heavy (non-hydrogen) atoms. The SMILES string of the molecule is Cc1nccn1-c1cnccc1CNCC(C)C. The first-order valence-electron chi connectivity index (χ1n) is 6.32. The molecule has 0 aliphatic rings. The molecule has 4 nitrogen and oxygen atoms in total. The number of nitrogens with zero attached hydrogens (tertiary/aromatic N) is 3. The first-order valence-corrected chi connectivity index (χ1v) is 6.32. The van der Waals surface area contributed by atoms with Crippen molar-refractivity contribution >= 4 is 0 Å². The van der Waals surface area contributed by atoms with E-state index < -0.39 is 0 Å². The van der Waals surface area contributed by atoms with Crippen molar-refractivity contribution in [1.29, 1.82) is 0 Å². The molecule has 96 valence electrons. The van der Waals surface area contributed by atoms with Crippen LogP contribution in [-0.2, 0) is 6.54 Å². The maximum atomic E-state index is 4.26.